The highest BCUT2D eigenvalue weighted by Gasteiger charge is 2.01. The van der Waals surface area contributed by atoms with Crippen LogP contribution in [0.4, 0.5) is 0 Å². The standard InChI is InChI=1S/C14H20BrNO2/c1-3-18-14(17)5-4-8-16-10-12-7-6-11(2)13(15)9-12/h6-7,9,16H,3-5,8,10H2,1-2H3. The fourth-order valence-electron chi connectivity index (χ4n) is 1.57. The molecule has 0 spiro atoms. The minimum absolute atomic E-state index is 0.114. The van der Waals surface area contributed by atoms with Crippen molar-refractivity contribution in [1.82, 2.24) is 5.32 Å². The van der Waals surface area contributed by atoms with E-state index in [0.29, 0.717) is 13.0 Å². The Labute approximate surface area is 117 Å². The summed E-state index contributed by atoms with van der Waals surface area (Å²) in [5.74, 6) is -0.114. The Morgan fingerprint density at radius 1 is 1.44 bits per heavy atom. The first-order valence-corrected chi connectivity index (χ1v) is 7.04. The number of aryl methyl sites for hydroxylation is 1. The van der Waals surface area contributed by atoms with Gasteiger partial charge in [0.05, 0.1) is 6.61 Å². The van der Waals surface area contributed by atoms with E-state index in [-0.39, 0.29) is 5.97 Å². The molecule has 3 nitrogen and oxygen atoms in total. The Balaban J connectivity index is 2.18. The van der Waals surface area contributed by atoms with Gasteiger partial charge in [0, 0.05) is 17.4 Å². The number of halogens is 1. The fraction of sp³-hybridized carbons (Fsp3) is 0.500. The highest BCUT2D eigenvalue weighted by molar-refractivity contribution is 9.10. The zero-order valence-electron chi connectivity index (χ0n) is 11.0. The van der Waals surface area contributed by atoms with Gasteiger partial charge < -0.3 is 10.1 Å². The third-order valence-electron chi connectivity index (χ3n) is 2.61. The van der Waals surface area contributed by atoms with Crippen molar-refractivity contribution in [2.45, 2.75) is 33.2 Å². The van der Waals surface area contributed by atoms with E-state index in [4.69, 9.17) is 4.74 Å². The predicted octanol–water partition coefficient (Wildman–Crippen LogP) is 3.19. The van der Waals surface area contributed by atoms with Crippen LogP contribution in [-0.4, -0.2) is 19.1 Å². The van der Waals surface area contributed by atoms with Crippen molar-refractivity contribution in [3.8, 4) is 0 Å². The van der Waals surface area contributed by atoms with E-state index in [0.717, 1.165) is 24.0 Å². The zero-order chi connectivity index (χ0) is 13.4. The van der Waals surface area contributed by atoms with Crippen LogP contribution in [0, 0.1) is 6.92 Å². The molecule has 0 radical (unpaired) electrons. The van der Waals surface area contributed by atoms with Crippen molar-refractivity contribution < 1.29 is 9.53 Å². The maximum absolute atomic E-state index is 11.1. The lowest BCUT2D eigenvalue weighted by atomic mass is 10.1. The third kappa shape index (κ3) is 5.65. The summed E-state index contributed by atoms with van der Waals surface area (Å²) in [7, 11) is 0. The monoisotopic (exact) mass is 313 g/mol. The van der Waals surface area contributed by atoms with Gasteiger partial charge in [-0.1, -0.05) is 28.1 Å². The summed E-state index contributed by atoms with van der Waals surface area (Å²) in [6.45, 7) is 6.00. The molecule has 0 fully saturated rings. The molecule has 0 heterocycles. The second-order valence-corrected chi connectivity index (χ2v) is 5.02. The molecule has 4 heteroatoms. The molecule has 1 aromatic carbocycles. The summed E-state index contributed by atoms with van der Waals surface area (Å²) in [4.78, 5) is 11.1. The first-order valence-electron chi connectivity index (χ1n) is 6.25. The Kier molecular flexibility index (Phi) is 6.98. The highest BCUT2D eigenvalue weighted by Crippen LogP contribution is 2.17. The van der Waals surface area contributed by atoms with Crippen LogP contribution in [-0.2, 0) is 16.1 Å². The molecule has 0 saturated carbocycles. The second kappa shape index (κ2) is 8.27. The molecule has 100 valence electrons. The summed E-state index contributed by atoms with van der Waals surface area (Å²) < 4.78 is 6.00. The number of hydrogen-bond acceptors (Lipinski definition) is 3. The molecule has 0 aliphatic carbocycles. The zero-order valence-corrected chi connectivity index (χ0v) is 12.5. The number of nitrogens with one attached hydrogen (secondary N) is 1. The maximum Gasteiger partial charge on any atom is 0.305 e. The summed E-state index contributed by atoms with van der Waals surface area (Å²) in [5, 5.41) is 3.32. The van der Waals surface area contributed by atoms with Crippen LogP contribution in [0.1, 0.15) is 30.9 Å². The van der Waals surface area contributed by atoms with E-state index >= 15 is 0 Å². The van der Waals surface area contributed by atoms with Crippen LogP contribution >= 0.6 is 15.9 Å². The number of carbonyl (C=O) groups is 1. The van der Waals surface area contributed by atoms with Crippen LogP contribution in [0.2, 0.25) is 0 Å². The molecule has 0 aliphatic rings. The van der Waals surface area contributed by atoms with Crippen LogP contribution in [0.15, 0.2) is 22.7 Å². The van der Waals surface area contributed by atoms with Crippen molar-refractivity contribution in [1.29, 1.82) is 0 Å². The first kappa shape index (κ1) is 15.2. The van der Waals surface area contributed by atoms with Crippen LogP contribution < -0.4 is 5.32 Å². The molecule has 0 saturated heterocycles. The highest BCUT2D eigenvalue weighted by atomic mass is 79.9. The SMILES string of the molecule is CCOC(=O)CCCNCc1ccc(C)c(Br)c1. The molecule has 0 bridgehead atoms. The average molecular weight is 314 g/mol. The van der Waals surface area contributed by atoms with Crippen molar-refractivity contribution in [3.05, 3.63) is 33.8 Å². The lowest BCUT2D eigenvalue weighted by Gasteiger charge is -2.06. The van der Waals surface area contributed by atoms with E-state index in [2.05, 4.69) is 46.4 Å². The van der Waals surface area contributed by atoms with E-state index in [1.807, 2.05) is 6.92 Å². The summed E-state index contributed by atoms with van der Waals surface area (Å²) in [6, 6.07) is 6.33. The molecular weight excluding hydrogens is 294 g/mol. The molecule has 1 N–H and O–H groups in total. The summed E-state index contributed by atoms with van der Waals surface area (Å²) >= 11 is 3.52. The fourth-order valence-corrected chi connectivity index (χ4v) is 2.00. The number of rotatable bonds is 7. The molecule has 0 aromatic heterocycles. The Morgan fingerprint density at radius 2 is 2.22 bits per heavy atom. The normalized spacial score (nSPS) is 10.4. The predicted molar refractivity (Wildman–Crippen MR) is 76.5 cm³/mol. The van der Waals surface area contributed by atoms with E-state index in [1.54, 1.807) is 0 Å². The molecule has 0 unspecified atom stereocenters. The molecule has 0 atom stereocenters. The van der Waals surface area contributed by atoms with Crippen molar-refractivity contribution in [2.75, 3.05) is 13.2 Å². The van der Waals surface area contributed by atoms with Gasteiger partial charge in [-0.15, -0.1) is 0 Å². The number of benzene rings is 1. The molecule has 1 aromatic rings. The van der Waals surface area contributed by atoms with Gasteiger partial charge in [0.2, 0.25) is 0 Å². The number of carbonyl (C=O) groups excluding carboxylic acids is 1. The van der Waals surface area contributed by atoms with Crippen molar-refractivity contribution in [2.24, 2.45) is 0 Å². The number of esters is 1. The number of hydrogen-bond donors (Lipinski definition) is 1. The average Bonchev–Trinajstić information content (AvgIpc) is 2.33. The molecule has 0 aliphatic heterocycles. The van der Waals surface area contributed by atoms with Gasteiger partial charge in [-0.3, -0.25) is 4.79 Å². The lowest BCUT2D eigenvalue weighted by molar-refractivity contribution is -0.143. The molecule has 18 heavy (non-hydrogen) atoms. The second-order valence-electron chi connectivity index (χ2n) is 4.17. The summed E-state index contributed by atoms with van der Waals surface area (Å²) in [5.41, 5.74) is 2.48. The van der Waals surface area contributed by atoms with Gasteiger partial charge in [-0.25, -0.2) is 0 Å². The van der Waals surface area contributed by atoms with Gasteiger partial charge in [0.1, 0.15) is 0 Å². The van der Waals surface area contributed by atoms with Crippen LogP contribution in [0.25, 0.3) is 0 Å². The first-order chi connectivity index (χ1) is 8.63. The number of ether oxygens (including phenoxy) is 1. The molecule has 1 rings (SSSR count). The van der Waals surface area contributed by atoms with Gasteiger partial charge in [0.25, 0.3) is 0 Å². The Morgan fingerprint density at radius 3 is 2.89 bits per heavy atom. The van der Waals surface area contributed by atoms with E-state index < -0.39 is 0 Å². The smallest absolute Gasteiger partial charge is 0.305 e. The Bertz CT molecular complexity index is 393. The third-order valence-corrected chi connectivity index (χ3v) is 3.46. The Hall–Kier alpha value is -0.870. The van der Waals surface area contributed by atoms with Gasteiger partial charge >= 0.3 is 5.97 Å². The molecular formula is C14H20BrNO2. The van der Waals surface area contributed by atoms with Gasteiger partial charge in [-0.2, -0.15) is 0 Å². The van der Waals surface area contributed by atoms with Crippen molar-refractivity contribution in [3.63, 3.8) is 0 Å². The topological polar surface area (TPSA) is 38.3 Å². The summed E-state index contributed by atoms with van der Waals surface area (Å²) in [6.07, 6.45) is 1.30. The van der Waals surface area contributed by atoms with Crippen LogP contribution in [0.3, 0.4) is 0 Å². The lowest BCUT2D eigenvalue weighted by Crippen LogP contribution is -2.16. The van der Waals surface area contributed by atoms with Gasteiger partial charge in [0.15, 0.2) is 0 Å². The van der Waals surface area contributed by atoms with E-state index in [1.165, 1.54) is 11.1 Å². The van der Waals surface area contributed by atoms with Gasteiger partial charge in [-0.05, 0) is 44.0 Å². The minimum Gasteiger partial charge on any atom is -0.466 e. The quantitative estimate of drug-likeness (QED) is 0.620. The largest absolute Gasteiger partial charge is 0.466 e. The van der Waals surface area contributed by atoms with Crippen LogP contribution in [0.5, 0.6) is 0 Å². The maximum atomic E-state index is 11.1. The van der Waals surface area contributed by atoms with E-state index in [9.17, 15) is 4.79 Å². The van der Waals surface area contributed by atoms with Crippen molar-refractivity contribution >= 4 is 21.9 Å². The minimum atomic E-state index is -0.114. The molecule has 0 amide bonds.